The van der Waals surface area contributed by atoms with Gasteiger partial charge < -0.3 is 0 Å². The van der Waals surface area contributed by atoms with E-state index in [4.69, 9.17) is 0 Å². The van der Waals surface area contributed by atoms with E-state index in [1.54, 1.807) is 0 Å². The Morgan fingerprint density at radius 3 is 1.80 bits per heavy atom. The van der Waals surface area contributed by atoms with Crippen molar-refractivity contribution in [1.29, 1.82) is 0 Å². The minimum Gasteiger partial charge on any atom is -0.263 e. The second kappa shape index (κ2) is 1.98. The Hall–Kier alpha value is -1.04. The molecule has 0 aromatic rings. The van der Waals surface area contributed by atoms with Crippen LogP contribution in [0.4, 0.5) is 4.79 Å². The zero-order valence-corrected chi connectivity index (χ0v) is 5.96. The summed E-state index contributed by atoms with van der Waals surface area (Å²) in [7, 11) is 1.22. The lowest BCUT2D eigenvalue weighted by Gasteiger charge is -2.02. The molecule has 1 fully saturated rings. The Labute approximate surface area is 62.1 Å². The number of hydrogen-bond donors (Lipinski definition) is 1. The van der Waals surface area contributed by atoms with Gasteiger partial charge in [0.2, 0.25) is 0 Å². The van der Waals surface area contributed by atoms with Crippen LogP contribution in [0.1, 0.15) is 0 Å². The van der Waals surface area contributed by atoms with E-state index in [-0.39, 0.29) is 0 Å². The Morgan fingerprint density at radius 2 is 1.70 bits per heavy atom. The van der Waals surface area contributed by atoms with Crippen LogP contribution in [0.5, 0.6) is 0 Å². The number of urea groups is 1. The highest BCUT2D eigenvalue weighted by Gasteiger charge is 2.40. The summed E-state index contributed by atoms with van der Waals surface area (Å²) in [6.45, 7) is 0. The van der Waals surface area contributed by atoms with Crippen LogP contribution in [0, 0.1) is 0 Å². The summed E-state index contributed by atoms with van der Waals surface area (Å²) in [5.74, 6) is -1.75. The Morgan fingerprint density at radius 1 is 1.20 bits per heavy atom. The van der Waals surface area contributed by atoms with Gasteiger partial charge in [0, 0.05) is 7.05 Å². The van der Waals surface area contributed by atoms with E-state index in [0.29, 0.717) is 9.21 Å². The van der Waals surface area contributed by atoms with Gasteiger partial charge in [0.25, 0.3) is 0 Å². The van der Waals surface area contributed by atoms with Gasteiger partial charge in [-0.2, -0.15) is 4.31 Å². The minimum absolute atomic E-state index is 0.475. The monoisotopic (exact) mass is 160 g/mol. The molecule has 0 N–H and O–H groups in total. The third-order valence-corrected chi connectivity index (χ3v) is 1.50. The quantitative estimate of drug-likeness (QED) is 0.288. The molecule has 10 heavy (non-hydrogen) atoms. The number of carbonyl (C=O) groups excluding carboxylic acids is 3. The van der Waals surface area contributed by atoms with Gasteiger partial charge in [-0.25, -0.2) is 4.79 Å². The lowest BCUT2D eigenvalue weighted by molar-refractivity contribution is -0.141. The molecule has 1 rings (SSSR count). The Kier molecular flexibility index (Phi) is 1.40. The highest BCUT2D eigenvalue weighted by Crippen LogP contribution is 2.10. The van der Waals surface area contributed by atoms with Gasteiger partial charge >= 0.3 is 17.8 Å². The number of imide groups is 2. The smallest absolute Gasteiger partial charge is 0.263 e. The second-order valence-electron chi connectivity index (χ2n) is 1.76. The molecule has 0 atom stereocenters. The number of likely N-dealkylation sites (N-methyl/N-ethyl adjacent to an activating group) is 1. The molecule has 54 valence electrons. The van der Waals surface area contributed by atoms with Gasteiger partial charge in [0.15, 0.2) is 0 Å². The second-order valence-corrected chi connectivity index (χ2v) is 2.16. The third kappa shape index (κ3) is 0.688. The molecule has 0 bridgehead atoms. The molecule has 0 spiro atoms. The summed E-state index contributed by atoms with van der Waals surface area (Å²) in [5, 5.41) is 0. The van der Waals surface area contributed by atoms with Gasteiger partial charge in [-0.15, -0.1) is 0 Å². The van der Waals surface area contributed by atoms with Crippen LogP contribution in [-0.2, 0) is 9.59 Å². The molecule has 1 saturated heterocycles. The summed E-state index contributed by atoms with van der Waals surface area (Å²) >= 11 is 3.47. The average molecular weight is 160 g/mol. The van der Waals surface area contributed by atoms with Crippen molar-refractivity contribution in [2.75, 3.05) is 7.05 Å². The maximum absolute atomic E-state index is 10.7. The molecule has 6 heteroatoms. The fourth-order valence-electron chi connectivity index (χ4n) is 0.550. The lowest BCUT2D eigenvalue weighted by Crippen LogP contribution is -2.25. The van der Waals surface area contributed by atoms with E-state index in [0.717, 1.165) is 0 Å². The number of amides is 4. The first-order valence-electron chi connectivity index (χ1n) is 2.40. The molecule has 0 saturated carbocycles. The van der Waals surface area contributed by atoms with Gasteiger partial charge in [-0.05, 0) is 0 Å². The van der Waals surface area contributed by atoms with Gasteiger partial charge in [-0.1, -0.05) is 12.8 Å². The molecule has 5 nitrogen and oxygen atoms in total. The number of thiol groups is 1. The van der Waals surface area contributed by atoms with E-state index >= 15 is 0 Å². The van der Waals surface area contributed by atoms with Crippen molar-refractivity contribution in [3.8, 4) is 0 Å². The lowest BCUT2D eigenvalue weighted by atomic mass is 10.6. The van der Waals surface area contributed by atoms with Crippen LogP contribution < -0.4 is 0 Å². The molecule has 0 unspecified atom stereocenters. The first kappa shape index (κ1) is 7.07. The SMILES string of the molecule is CN1C(=O)C(=O)N(S)C1=O. The zero-order valence-electron chi connectivity index (χ0n) is 5.07. The molecule has 0 aromatic heterocycles. The normalized spacial score (nSPS) is 19.2. The topological polar surface area (TPSA) is 57.7 Å². The van der Waals surface area contributed by atoms with Crippen LogP contribution in [0.3, 0.4) is 0 Å². The maximum Gasteiger partial charge on any atom is 0.344 e. The van der Waals surface area contributed by atoms with E-state index in [9.17, 15) is 14.4 Å². The maximum atomic E-state index is 10.7. The van der Waals surface area contributed by atoms with E-state index in [2.05, 4.69) is 12.8 Å². The fourth-order valence-corrected chi connectivity index (χ4v) is 0.770. The van der Waals surface area contributed by atoms with Crippen LogP contribution >= 0.6 is 12.8 Å². The Bertz CT molecular complexity index is 205. The first-order valence-corrected chi connectivity index (χ1v) is 2.80. The summed E-state index contributed by atoms with van der Waals surface area (Å²) in [6.07, 6.45) is 0. The predicted molar refractivity (Wildman–Crippen MR) is 34.0 cm³/mol. The highest BCUT2D eigenvalue weighted by atomic mass is 32.1. The fraction of sp³-hybridized carbons (Fsp3) is 0.250. The summed E-state index contributed by atoms with van der Waals surface area (Å²) < 4.78 is 0.475. The molecule has 0 aliphatic carbocycles. The molecule has 0 radical (unpaired) electrons. The first-order chi connectivity index (χ1) is 4.55. The van der Waals surface area contributed by atoms with E-state index < -0.39 is 17.8 Å². The van der Waals surface area contributed by atoms with Crippen LogP contribution in [0.25, 0.3) is 0 Å². The van der Waals surface area contributed by atoms with Gasteiger partial charge in [0.05, 0.1) is 0 Å². The van der Waals surface area contributed by atoms with Crippen molar-refractivity contribution in [1.82, 2.24) is 9.21 Å². The average Bonchev–Trinajstić information content (AvgIpc) is 2.07. The number of carbonyl (C=O) groups is 3. The van der Waals surface area contributed by atoms with Crippen LogP contribution in [-0.4, -0.2) is 34.1 Å². The predicted octanol–water partition coefficient (Wildman–Crippen LogP) is -0.748. The molecule has 1 aliphatic heterocycles. The van der Waals surface area contributed by atoms with Crippen LogP contribution in [0.15, 0.2) is 0 Å². The minimum atomic E-state index is -0.907. The number of rotatable bonds is 0. The third-order valence-electron chi connectivity index (χ3n) is 1.15. The molecule has 1 aliphatic rings. The molecule has 4 amide bonds. The van der Waals surface area contributed by atoms with Gasteiger partial charge in [0.1, 0.15) is 0 Å². The van der Waals surface area contributed by atoms with E-state index in [1.165, 1.54) is 7.05 Å². The number of hydrogen-bond acceptors (Lipinski definition) is 4. The van der Waals surface area contributed by atoms with Crippen molar-refractivity contribution in [2.24, 2.45) is 0 Å². The number of nitrogens with zero attached hydrogens (tertiary/aromatic N) is 2. The van der Waals surface area contributed by atoms with Gasteiger partial charge in [-0.3, -0.25) is 14.5 Å². The molecule has 0 aromatic carbocycles. The standard InChI is InChI=1S/C4H4N2O3S/c1-5-2(7)3(8)6(10)4(5)9/h10H,1H3. The summed E-state index contributed by atoms with van der Waals surface area (Å²) in [6, 6.07) is -0.710. The van der Waals surface area contributed by atoms with Crippen molar-refractivity contribution >= 4 is 30.7 Å². The zero-order chi connectivity index (χ0) is 7.89. The Balaban J connectivity index is 3.00. The van der Waals surface area contributed by atoms with E-state index in [1.807, 2.05) is 0 Å². The largest absolute Gasteiger partial charge is 0.344 e. The van der Waals surface area contributed by atoms with Crippen molar-refractivity contribution in [2.45, 2.75) is 0 Å². The molecule has 1 heterocycles. The molecular formula is C4H4N2O3S. The van der Waals surface area contributed by atoms with Crippen LogP contribution in [0.2, 0.25) is 0 Å². The highest BCUT2D eigenvalue weighted by molar-refractivity contribution is 7.79. The summed E-state index contributed by atoms with van der Waals surface area (Å²) in [4.78, 5) is 32.5. The molecular weight excluding hydrogens is 156 g/mol. The van der Waals surface area contributed by atoms with Crippen molar-refractivity contribution < 1.29 is 14.4 Å². The summed E-state index contributed by atoms with van der Waals surface area (Å²) in [5.41, 5.74) is 0. The van der Waals surface area contributed by atoms with Crippen molar-refractivity contribution in [3.05, 3.63) is 0 Å². The van der Waals surface area contributed by atoms with Crippen molar-refractivity contribution in [3.63, 3.8) is 0 Å².